The van der Waals surface area contributed by atoms with Crippen LogP contribution in [-0.4, -0.2) is 46.2 Å². The average Bonchev–Trinajstić information content (AvgIpc) is 2.81. The van der Waals surface area contributed by atoms with Crippen LogP contribution in [0.1, 0.15) is 44.4 Å². The molecule has 23 heavy (non-hydrogen) atoms. The Balaban J connectivity index is 1.65. The third-order valence-corrected chi connectivity index (χ3v) is 4.56. The van der Waals surface area contributed by atoms with Crippen molar-refractivity contribution in [2.24, 2.45) is 5.41 Å². The molecule has 128 valence electrons. The number of halogens is 2. The van der Waals surface area contributed by atoms with Crippen molar-refractivity contribution in [1.29, 1.82) is 0 Å². The highest BCUT2D eigenvalue weighted by atomic mass is 19.3. The number of nitrogens with zero attached hydrogens (tertiary/aromatic N) is 2. The van der Waals surface area contributed by atoms with Crippen molar-refractivity contribution in [2.45, 2.75) is 58.1 Å². The Labute approximate surface area is 134 Å². The van der Waals surface area contributed by atoms with Crippen molar-refractivity contribution in [1.82, 2.24) is 15.1 Å². The van der Waals surface area contributed by atoms with Gasteiger partial charge in [0.05, 0.1) is 18.7 Å². The summed E-state index contributed by atoms with van der Waals surface area (Å²) < 4.78 is 31.4. The van der Waals surface area contributed by atoms with E-state index in [1.54, 1.807) is 11.1 Å². The number of hydrogen-bond acceptors (Lipinski definition) is 3. The van der Waals surface area contributed by atoms with Gasteiger partial charge < -0.3 is 9.64 Å². The molecule has 0 saturated carbocycles. The van der Waals surface area contributed by atoms with Gasteiger partial charge in [0.2, 0.25) is 5.91 Å². The van der Waals surface area contributed by atoms with E-state index in [0.29, 0.717) is 13.1 Å². The minimum absolute atomic E-state index is 0.0395. The lowest BCUT2D eigenvalue weighted by molar-refractivity contribution is -0.156. The number of carbonyl (C=O) groups is 1. The molecular formula is C16H23F2N3O2. The van der Waals surface area contributed by atoms with Crippen LogP contribution in [0, 0.1) is 5.41 Å². The molecule has 1 unspecified atom stereocenters. The van der Waals surface area contributed by atoms with E-state index in [4.69, 9.17) is 4.74 Å². The molecule has 1 aromatic rings. The highest BCUT2D eigenvalue weighted by Gasteiger charge is 2.38. The predicted molar refractivity (Wildman–Crippen MR) is 80.0 cm³/mol. The molecular weight excluding hydrogens is 304 g/mol. The lowest BCUT2D eigenvalue weighted by Gasteiger charge is -2.32. The summed E-state index contributed by atoms with van der Waals surface area (Å²) in [4.78, 5) is 14.4. The van der Waals surface area contributed by atoms with Crippen molar-refractivity contribution in [3.05, 3.63) is 17.5 Å². The number of hydrogen-bond donors (Lipinski definition) is 1. The predicted octanol–water partition coefficient (Wildman–Crippen LogP) is 2.53. The Hall–Kier alpha value is -1.50. The van der Waals surface area contributed by atoms with Gasteiger partial charge in [-0.2, -0.15) is 5.10 Å². The molecule has 1 N–H and O–H groups in total. The molecule has 7 heteroatoms. The molecule has 3 heterocycles. The summed E-state index contributed by atoms with van der Waals surface area (Å²) in [5, 5.41) is 7.07. The van der Waals surface area contributed by atoms with E-state index in [9.17, 15) is 13.6 Å². The third-order valence-electron chi connectivity index (χ3n) is 4.56. The van der Waals surface area contributed by atoms with E-state index < -0.39 is 18.6 Å². The van der Waals surface area contributed by atoms with Gasteiger partial charge in [-0.1, -0.05) is 13.8 Å². The highest BCUT2D eigenvalue weighted by Crippen LogP contribution is 2.32. The number of rotatable bonds is 2. The maximum Gasteiger partial charge on any atom is 0.271 e. The van der Waals surface area contributed by atoms with Gasteiger partial charge in [-0.3, -0.25) is 9.89 Å². The van der Waals surface area contributed by atoms with Crippen molar-refractivity contribution in [3.8, 4) is 0 Å². The number of nitrogens with one attached hydrogen (secondary N) is 1. The maximum absolute atomic E-state index is 13.1. The highest BCUT2D eigenvalue weighted by molar-refractivity contribution is 5.77. The number of H-pyrrole nitrogens is 1. The summed E-state index contributed by atoms with van der Waals surface area (Å²) in [6.45, 7) is 4.79. The number of aromatic amines is 1. The summed E-state index contributed by atoms with van der Waals surface area (Å²) in [5.74, 6) is -2.79. The standard InChI is InChI=1S/C16H23F2N3O2/c1-15(2)6-13-11(7-19-20-13)8-21(9-15)14(22)5-12-3-4-16(17,18)10-23-12/h7,12H,3-6,8-10H2,1-2H3,(H,19,20). The number of ether oxygens (including phenoxy) is 1. The van der Waals surface area contributed by atoms with Gasteiger partial charge in [-0.25, -0.2) is 8.78 Å². The molecule has 1 saturated heterocycles. The summed E-state index contributed by atoms with van der Waals surface area (Å²) in [5.41, 5.74) is 2.03. The normalized spacial score (nSPS) is 26.4. The summed E-state index contributed by atoms with van der Waals surface area (Å²) in [6, 6.07) is 0. The average molecular weight is 327 g/mol. The van der Waals surface area contributed by atoms with Crippen LogP contribution < -0.4 is 0 Å². The van der Waals surface area contributed by atoms with Crippen LogP contribution in [0.25, 0.3) is 0 Å². The molecule has 0 aromatic carbocycles. The molecule has 1 amide bonds. The largest absolute Gasteiger partial charge is 0.371 e. The fourth-order valence-corrected chi connectivity index (χ4v) is 3.37. The fraction of sp³-hybridized carbons (Fsp3) is 0.750. The fourth-order valence-electron chi connectivity index (χ4n) is 3.37. The zero-order chi connectivity index (χ0) is 16.7. The molecule has 0 spiro atoms. The molecule has 0 radical (unpaired) electrons. The van der Waals surface area contributed by atoms with Gasteiger partial charge in [-0.05, 0) is 18.3 Å². The minimum Gasteiger partial charge on any atom is -0.371 e. The first-order chi connectivity index (χ1) is 10.7. The van der Waals surface area contributed by atoms with Gasteiger partial charge in [0.15, 0.2) is 0 Å². The SMILES string of the molecule is CC1(C)Cc2[nH]ncc2CN(C(=O)CC2CCC(F)(F)CO2)C1. The van der Waals surface area contributed by atoms with Crippen LogP contribution in [0.5, 0.6) is 0 Å². The van der Waals surface area contributed by atoms with Crippen LogP contribution in [0.15, 0.2) is 6.20 Å². The van der Waals surface area contributed by atoms with E-state index in [2.05, 4.69) is 24.0 Å². The second kappa shape index (κ2) is 5.85. The first-order valence-electron chi connectivity index (χ1n) is 8.02. The molecule has 2 aliphatic heterocycles. The first kappa shape index (κ1) is 16.4. The van der Waals surface area contributed by atoms with Gasteiger partial charge in [0, 0.05) is 30.8 Å². The first-order valence-corrected chi connectivity index (χ1v) is 8.02. The molecule has 1 atom stereocenters. The monoisotopic (exact) mass is 327 g/mol. The Kier molecular flexibility index (Phi) is 4.16. The quantitative estimate of drug-likeness (QED) is 0.908. The summed E-state index contributed by atoms with van der Waals surface area (Å²) >= 11 is 0. The van der Waals surface area contributed by atoms with Gasteiger partial charge in [0.25, 0.3) is 5.92 Å². The number of carbonyl (C=O) groups excluding carboxylic acids is 1. The van der Waals surface area contributed by atoms with Crippen LogP contribution in [-0.2, 0) is 22.5 Å². The van der Waals surface area contributed by atoms with Crippen LogP contribution >= 0.6 is 0 Å². The smallest absolute Gasteiger partial charge is 0.271 e. The van der Waals surface area contributed by atoms with E-state index in [0.717, 1.165) is 17.7 Å². The van der Waals surface area contributed by atoms with Crippen LogP contribution in [0.3, 0.4) is 0 Å². The molecule has 2 aliphatic rings. The van der Waals surface area contributed by atoms with Crippen molar-refractivity contribution in [3.63, 3.8) is 0 Å². The maximum atomic E-state index is 13.1. The zero-order valence-corrected chi connectivity index (χ0v) is 13.6. The van der Waals surface area contributed by atoms with Crippen LogP contribution in [0.4, 0.5) is 8.78 Å². The molecule has 1 aromatic heterocycles. The Morgan fingerprint density at radius 1 is 1.52 bits per heavy atom. The second-order valence-electron chi connectivity index (χ2n) is 7.50. The molecule has 5 nitrogen and oxygen atoms in total. The van der Waals surface area contributed by atoms with Crippen molar-refractivity contribution >= 4 is 5.91 Å². The van der Waals surface area contributed by atoms with Gasteiger partial charge in [0.1, 0.15) is 6.61 Å². The van der Waals surface area contributed by atoms with E-state index in [-0.39, 0.29) is 30.6 Å². The zero-order valence-electron chi connectivity index (χ0n) is 13.6. The topological polar surface area (TPSA) is 58.2 Å². The molecule has 0 bridgehead atoms. The van der Waals surface area contributed by atoms with Crippen LogP contribution in [0.2, 0.25) is 0 Å². The summed E-state index contributed by atoms with van der Waals surface area (Å²) in [7, 11) is 0. The Bertz CT molecular complexity index is 576. The van der Waals surface area contributed by atoms with E-state index in [1.165, 1.54) is 0 Å². The lowest BCUT2D eigenvalue weighted by Crippen LogP contribution is -2.41. The number of amides is 1. The van der Waals surface area contributed by atoms with Crippen molar-refractivity contribution < 1.29 is 18.3 Å². The Morgan fingerprint density at radius 3 is 3.00 bits per heavy atom. The lowest BCUT2D eigenvalue weighted by atomic mass is 9.87. The number of fused-ring (bicyclic) bond motifs is 1. The van der Waals surface area contributed by atoms with E-state index >= 15 is 0 Å². The number of aromatic nitrogens is 2. The molecule has 0 aliphatic carbocycles. The molecule has 1 fully saturated rings. The van der Waals surface area contributed by atoms with Crippen molar-refractivity contribution in [2.75, 3.05) is 13.2 Å². The summed E-state index contributed by atoms with van der Waals surface area (Å²) in [6.07, 6.45) is 2.37. The third kappa shape index (κ3) is 3.88. The van der Waals surface area contributed by atoms with Gasteiger partial charge >= 0.3 is 0 Å². The minimum atomic E-state index is -2.75. The Morgan fingerprint density at radius 2 is 2.30 bits per heavy atom. The second-order valence-corrected chi connectivity index (χ2v) is 7.50. The number of alkyl halides is 2. The molecule has 3 rings (SSSR count). The van der Waals surface area contributed by atoms with E-state index in [1.807, 2.05) is 0 Å². The van der Waals surface area contributed by atoms with Gasteiger partial charge in [-0.15, -0.1) is 0 Å².